The molecule has 0 aromatic heterocycles. The van der Waals surface area contributed by atoms with Crippen molar-refractivity contribution in [1.82, 2.24) is 10.6 Å². The van der Waals surface area contributed by atoms with Gasteiger partial charge in [0.2, 0.25) is 5.91 Å². The number of carbonyl (C=O) groups excluding carboxylic acids is 3. The molecular formula is C19H20FN3O5. The number of halogens is 1. The largest absolute Gasteiger partial charge is 0.482 e. The van der Waals surface area contributed by atoms with Gasteiger partial charge in [-0.15, -0.1) is 0 Å². The van der Waals surface area contributed by atoms with Gasteiger partial charge >= 0.3 is 12.0 Å². The number of nitrogens with one attached hydrogen (secondary N) is 3. The summed E-state index contributed by atoms with van der Waals surface area (Å²) in [6, 6.07) is 11.6. The normalized spacial score (nSPS) is 9.93. The number of rotatable bonds is 8. The van der Waals surface area contributed by atoms with Crippen LogP contribution >= 0.6 is 0 Å². The van der Waals surface area contributed by atoms with Gasteiger partial charge in [-0.05, 0) is 42.0 Å². The second-order valence-electron chi connectivity index (χ2n) is 5.60. The van der Waals surface area contributed by atoms with E-state index in [1.165, 1.54) is 19.2 Å². The zero-order valence-corrected chi connectivity index (χ0v) is 15.2. The highest BCUT2D eigenvalue weighted by molar-refractivity contribution is 5.94. The zero-order chi connectivity index (χ0) is 20.4. The number of carbonyl (C=O) groups is 3. The predicted octanol–water partition coefficient (Wildman–Crippen LogP) is 1.82. The second kappa shape index (κ2) is 10.5. The van der Waals surface area contributed by atoms with Gasteiger partial charge in [-0.3, -0.25) is 4.79 Å². The average Bonchev–Trinajstić information content (AvgIpc) is 2.71. The zero-order valence-electron chi connectivity index (χ0n) is 15.2. The van der Waals surface area contributed by atoms with Crippen molar-refractivity contribution >= 4 is 23.6 Å². The first kappa shape index (κ1) is 20.7. The van der Waals surface area contributed by atoms with E-state index in [2.05, 4.69) is 20.7 Å². The van der Waals surface area contributed by atoms with E-state index >= 15 is 0 Å². The lowest BCUT2D eigenvalue weighted by Crippen LogP contribution is -2.39. The fraction of sp³-hybridized carbons (Fsp3) is 0.211. The summed E-state index contributed by atoms with van der Waals surface area (Å²) in [5.41, 5.74) is 1.24. The Kier molecular flexibility index (Phi) is 7.77. The molecule has 3 N–H and O–H groups in total. The van der Waals surface area contributed by atoms with Crippen molar-refractivity contribution in [2.75, 3.05) is 25.6 Å². The highest BCUT2D eigenvalue weighted by Gasteiger charge is 2.07. The number of esters is 1. The van der Waals surface area contributed by atoms with E-state index in [-0.39, 0.29) is 25.5 Å². The Morgan fingerprint density at radius 2 is 1.64 bits per heavy atom. The van der Waals surface area contributed by atoms with Gasteiger partial charge in [0.25, 0.3) is 0 Å². The summed E-state index contributed by atoms with van der Waals surface area (Å²) < 4.78 is 22.5. The van der Waals surface area contributed by atoms with Gasteiger partial charge in [-0.25, -0.2) is 14.0 Å². The lowest BCUT2D eigenvalue weighted by Gasteiger charge is -2.09. The summed E-state index contributed by atoms with van der Waals surface area (Å²) in [5.74, 6) is -0.823. The highest BCUT2D eigenvalue weighted by Crippen LogP contribution is 2.15. The minimum atomic E-state index is -0.522. The first-order chi connectivity index (χ1) is 13.5. The maximum absolute atomic E-state index is 12.8. The highest BCUT2D eigenvalue weighted by atomic mass is 19.1. The lowest BCUT2D eigenvalue weighted by atomic mass is 10.2. The number of amides is 3. The van der Waals surface area contributed by atoms with Crippen LogP contribution in [0.25, 0.3) is 0 Å². The van der Waals surface area contributed by atoms with Gasteiger partial charge in [0.15, 0.2) is 6.61 Å². The van der Waals surface area contributed by atoms with Gasteiger partial charge in [-0.1, -0.05) is 12.1 Å². The number of ether oxygens (including phenoxy) is 2. The van der Waals surface area contributed by atoms with Gasteiger partial charge in [-0.2, -0.15) is 0 Å². The van der Waals surface area contributed by atoms with Crippen LogP contribution in [0.4, 0.5) is 14.9 Å². The maximum atomic E-state index is 12.8. The molecule has 0 aliphatic heterocycles. The first-order valence-corrected chi connectivity index (χ1v) is 8.32. The van der Waals surface area contributed by atoms with E-state index in [0.29, 0.717) is 11.4 Å². The molecule has 2 aromatic carbocycles. The number of methoxy groups -OCH3 is 1. The Morgan fingerprint density at radius 3 is 2.29 bits per heavy atom. The molecule has 2 aromatic rings. The molecule has 0 atom stereocenters. The van der Waals surface area contributed by atoms with Crippen LogP contribution in [0.5, 0.6) is 5.75 Å². The van der Waals surface area contributed by atoms with E-state index < -0.39 is 17.9 Å². The van der Waals surface area contributed by atoms with Crippen LogP contribution < -0.4 is 20.7 Å². The number of hydrogen-bond acceptors (Lipinski definition) is 5. The molecule has 0 saturated carbocycles. The SMILES string of the molecule is COC(=O)COc1ccc(NC(=O)CNC(=O)NCc2ccc(F)cc2)cc1. The molecule has 0 saturated heterocycles. The van der Waals surface area contributed by atoms with Crippen LogP contribution in [0.3, 0.4) is 0 Å². The molecule has 0 bridgehead atoms. The lowest BCUT2D eigenvalue weighted by molar-refractivity contribution is -0.142. The maximum Gasteiger partial charge on any atom is 0.343 e. The van der Waals surface area contributed by atoms with E-state index in [1.807, 2.05) is 0 Å². The predicted molar refractivity (Wildman–Crippen MR) is 99.2 cm³/mol. The second-order valence-corrected chi connectivity index (χ2v) is 5.60. The summed E-state index contributed by atoms with van der Waals surface area (Å²) in [7, 11) is 1.27. The third-order valence-corrected chi connectivity index (χ3v) is 3.50. The van der Waals surface area contributed by atoms with E-state index in [9.17, 15) is 18.8 Å². The van der Waals surface area contributed by atoms with Crippen molar-refractivity contribution in [2.45, 2.75) is 6.54 Å². The van der Waals surface area contributed by atoms with E-state index in [0.717, 1.165) is 5.56 Å². The van der Waals surface area contributed by atoms with Crippen LogP contribution in [-0.4, -0.2) is 38.2 Å². The van der Waals surface area contributed by atoms with Crippen LogP contribution in [0.1, 0.15) is 5.56 Å². The smallest absolute Gasteiger partial charge is 0.343 e. The quantitative estimate of drug-likeness (QED) is 0.597. The molecule has 0 radical (unpaired) electrons. The molecule has 0 heterocycles. The number of urea groups is 1. The fourth-order valence-electron chi connectivity index (χ4n) is 2.05. The van der Waals surface area contributed by atoms with Crippen molar-refractivity contribution in [3.8, 4) is 5.75 Å². The molecule has 2 rings (SSSR count). The van der Waals surface area contributed by atoms with E-state index in [1.54, 1.807) is 36.4 Å². The fourth-order valence-corrected chi connectivity index (χ4v) is 2.05. The van der Waals surface area contributed by atoms with Gasteiger partial charge < -0.3 is 25.4 Å². The van der Waals surface area contributed by atoms with Crippen molar-refractivity contribution in [3.05, 3.63) is 59.9 Å². The van der Waals surface area contributed by atoms with E-state index in [4.69, 9.17) is 4.74 Å². The Balaban J connectivity index is 1.69. The summed E-state index contributed by atoms with van der Waals surface area (Å²) in [6.07, 6.45) is 0. The Hall–Kier alpha value is -3.62. The molecule has 8 nitrogen and oxygen atoms in total. The molecule has 28 heavy (non-hydrogen) atoms. The molecule has 0 aliphatic rings. The molecule has 0 spiro atoms. The topological polar surface area (TPSA) is 106 Å². The molecule has 0 aliphatic carbocycles. The minimum absolute atomic E-state index is 0.209. The monoisotopic (exact) mass is 389 g/mol. The number of anilines is 1. The summed E-state index contributed by atoms with van der Waals surface area (Å²) in [5, 5.41) is 7.60. The standard InChI is InChI=1S/C19H20FN3O5/c1-27-18(25)12-28-16-8-6-15(7-9-16)23-17(24)11-22-19(26)21-10-13-2-4-14(20)5-3-13/h2-9H,10-12H2,1H3,(H,23,24)(H2,21,22,26). The van der Waals surface area contributed by atoms with Crippen LogP contribution in [0.15, 0.2) is 48.5 Å². The summed E-state index contributed by atoms with van der Waals surface area (Å²) >= 11 is 0. The Labute approximate surface area is 161 Å². The number of benzene rings is 2. The van der Waals surface area contributed by atoms with Gasteiger partial charge in [0.1, 0.15) is 11.6 Å². The molecule has 148 valence electrons. The van der Waals surface area contributed by atoms with Crippen molar-refractivity contribution in [2.24, 2.45) is 0 Å². The van der Waals surface area contributed by atoms with Gasteiger partial charge in [0.05, 0.1) is 13.7 Å². The van der Waals surface area contributed by atoms with Crippen LogP contribution in [-0.2, 0) is 20.9 Å². The van der Waals surface area contributed by atoms with Crippen LogP contribution in [0.2, 0.25) is 0 Å². The minimum Gasteiger partial charge on any atom is -0.482 e. The first-order valence-electron chi connectivity index (χ1n) is 8.32. The summed E-state index contributed by atoms with van der Waals surface area (Å²) in [4.78, 5) is 34.6. The summed E-state index contributed by atoms with van der Waals surface area (Å²) in [6.45, 7) is -0.226. The molecular weight excluding hydrogens is 369 g/mol. The van der Waals surface area contributed by atoms with Crippen molar-refractivity contribution in [3.63, 3.8) is 0 Å². The average molecular weight is 389 g/mol. The van der Waals surface area contributed by atoms with Crippen LogP contribution in [0, 0.1) is 5.82 Å². The molecule has 0 unspecified atom stereocenters. The van der Waals surface area contributed by atoms with Crippen molar-refractivity contribution < 1.29 is 28.2 Å². The molecule has 9 heteroatoms. The van der Waals surface area contributed by atoms with Gasteiger partial charge in [0, 0.05) is 12.2 Å². The third-order valence-electron chi connectivity index (χ3n) is 3.50. The van der Waals surface area contributed by atoms with Crippen molar-refractivity contribution in [1.29, 1.82) is 0 Å². The Bertz CT molecular complexity index is 809. The third kappa shape index (κ3) is 7.32. The number of hydrogen-bond donors (Lipinski definition) is 3. The molecule has 0 fully saturated rings. The molecule has 3 amide bonds. The Morgan fingerprint density at radius 1 is 0.964 bits per heavy atom.